The number of aliphatic hydroxyl groups excluding tert-OH is 1. The Kier molecular flexibility index (Phi) is 4.10. The number of carboxylic acid groups (broad SMARTS) is 1. The third kappa shape index (κ3) is 2.69. The van der Waals surface area contributed by atoms with E-state index in [2.05, 4.69) is 15.9 Å². The van der Waals surface area contributed by atoms with Crippen LogP contribution in [0, 0.1) is 5.92 Å². The second-order valence-electron chi connectivity index (χ2n) is 3.79. The zero-order valence-electron chi connectivity index (χ0n) is 8.39. The molecule has 1 amide bonds. The van der Waals surface area contributed by atoms with E-state index in [4.69, 9.17) is 5.11 Å². The minimum Gasteiger partial charge on any atom is -0.480 e. The first-order valence-corrected chi connectivity index (χ1v) is 5.85. The first-order chi connectivity index (χ1) is 6.97. The zero-order valence-corrected chi connectivity index (χ0v) is 9.98. The second-order valence-corrected chi connectivity index (χ2v) is 4.44. The average Bonchev–Trinajstić information content (AvgIpc) is 2.46. The molecule has 15 heavy (non-hydrogen) atoms. The van der Waals surface area contributed by atoms with E-state index in [-0.39, 0.29) is 11.8 Å². The van der Waals surface area contributed by atoms with Crippen LogP contribution in [0.4, 0.5) is 0 Å². The number of halogens is 1. The summed E-state index contributed by atoms with van der Waals surface area (Å²) in [7, 11) is 0. The molecule has 3 atom stereocenters. The summed E-state index contributed by atoms with van der Waals surface area (Å²) in [5.41, 5.74) is 0. The van der Waals surface area contributed by atoms with Gasteiger partial charge in [-0.25, -0.2) is 4.79 Å². The average molecular weight is 280 g/mol. The monoisotopic (exact) mass is 279 g/mol. The van der Waals surface area contributed by atoms with Crippen molar-refractivity contribution < 1.29 is 19.8 Å². The highest BCUT2D eigenvalue weighted by Crippen LogP contribution is 2.23. The Morgan fingerprint density at radius 3 is 2.67 bits per heavy atom. The molecule has 0 aromatic heterocycles. The van der Waals surface area contributed by atoms with Crippen molar-refractivity contribution >= 4 is 27.8 Å². The molecule has 1 rings (SSSR count). The van der Waals surface area contributed by atoms with Crippen molar-refractivity contribution in [3.63, 3.8) is 0 Å². The number of carbonyl (C=O) groups excluding carboxylic acids is 1. The standard InChI is InChI=1S/C9H14BrNO4/c1-5(12)8(9(14)15)11-4-6(3-10)2-7(11)13/h5-6,8,12H,2-4H2,1H3,(H,14,15)/t5-,6?,8-/m0/s1. The minimum absolute atomic E-state index is 0.137. The Labute approximate surface area is 96.2 Å². The molecule has 0 radical (unpaired) electrons. The van der Waals surface area contributed by atoms with Gasteiger partial charge >= 0.3 is 5.97 Å². The number of hydrogen-bond acceptors (Lipinski definition) is 3. The second kappa shape index (κ2) is 4.94. The van der Waals surface area contributed by atoms with Gasteiger partial charge in [-0.3, -0.25) is 4.79 Å². The van der Waals surface area contributed by atoms with Gasteiger partial charge in [-0.2, -0.15) is 0 Å². The molecule has 0 aliphatic carbocycles. The third-order valence-corrected chi connectivity index (χ3v) is 3.42. The molecule has 1 heterocycles. The lowest BCUT2D eigenvalue weighted by Gasteiger charge is -2.26. The molecule has 5 nitrogen and oxygen atoms in total. The van der Waals surface area contributed by atoms with Crippen molar-refractivity contribution in [1.29, 1.82) is 0 Å². The fraction of sp³-hybridized carbons (Fsp3) is 0.778. The molecule has 0 saturated carbocycles. The molecule has 6 heteroatoms. The van der Waals surface area contributed by atoms with Crippen LogP contribution in [-0.4, -0.2) is 51.0 Å². The third-order valence-electron chi connectivity index (χ3n) is 2.50. The van der Waals surface area contributed by atoms with Gasteiger partial charge in [-0.1, -0.05) is 15.9 Å². The van der Waals surface area contributed by atoms with Gasteiger partial charge in [0.05, 0.1) is 6.10 Å². The van der Waals surface area contributed by atoms with Gasteiger partial charge in [-0.05, 0) is 12.8 Å². The number of aliphatic hydroxyl groups is 1. The number of likely N-dealkylation sites (tertiary alicyclic amines) is 1. The summed E-state index contributed by atoms with van der Waals surface area (Å²) >= 11 is 3.27. The Hall–Kier alpha value is -0.620. The molecule has 1 aliphatic rings. The Morgan fingerprint density at radius 2 is 2.33 bits per heavy atom. The quantitative estimate of drug-likeness (QED) is 0.714. The first kappa shape index (κ1) is 12.4. The largest absolute Gasteiger partial charge is 0.480 e. The summed E-state index contributed by atoms with van der Waals surface area (Å²) in [6.45, 7) is 1.78. The van der Waals surface area contributed by atoms with E-state index in [0.29, 0.717) is 18.3 Å². The van der Waals surface area contributed by atoms with Crippen LogP contribution in [-0.2, 0) is 9.59 Å². The minimum atomic E-state index is -1.16. The molecule has 1 saturated heterocycles. The van der Waals surface area contributed by atoms with Gasteiger partial charge < -0.3 is 15.1 Å². The van der Waals surface area contributed by atoms with Crippen LogP contribution in [0.3, 0.4) is 0 Å². The van der Waals surface area contributed by atoms with Crippen LogP contribution in [0.1, 0.15) is 13.3 Å². The molecule has 0 aromatic rings. The summed E-state index contributed by atoms with van der Waals surface area (Å²) in [5, 5.41) is 18.9. The molecule has 0 aromatic carbocycles. The molecule has 1 fully saturated rings. The lowest BCUT2D eigenvalue weighted by Crippen LogP contribution is -2.48. The number of nitrogens with zero attached hydrogens (tertiary/aromatic N) is 1. The van der Waals surface area contributed by atoms with Gasteiger partial charge in [0.1, 0.15) is 0 Å². The molecule has 2 N–H and O–H groups in total. The van der Waals surface area contributed by atoms with Crippen LogP contribution in [0.5, 0.6) is 0 Å². The van der Waals surface area contributed by atoms with E-state index >= 15 is 0 Å². The number of alkyl halides is 1. The predicted molar refractivity (Wildman–Crippen MR) is 56.7 cm³/mol. The number of hydrogen-bond donors (Lipinski definition) is 2. The van der Waals surface area contributed by atoms with E-state index in [0.717, 1.165) is 0 Å². The van der Waals surface area contributed by atoms with Crippen LogP contribution in [0.25, 0.3) is 0 Å². The topological polar surface area (TPSA) is 77.8 Å². The molecule has 0 spiro atoms. The van der Waals surface area contributed by atoms with Crippen LogP contribution in [0.2, 0.25) is 0 Å². The number of rotatable bonds is 4. The highest BCUT2D eigenvalue weighted by molar-refractivity contribution is 9.09. The van der Waals surface area contributed by atoms with Crippen molar-refractivity contribution in [2.45, 2.75) is 25.5 Å². The van der Waals surface area contributed by atoms with E-state index in [1.807, 2.05) is 0 Å². The molecular weight excluding hydrogens is 266 g/mol. The summed E-state index contributed by atoms with van der Waals surface area (Å²) < 4.78 is 0. The number of carbonyl (C=O) groups is 2. The molecule has 1 aliphatic heterocycles. The van der Waals surface area contributed by atoms with E-state index in [1.54, 1.807) is 0 Å². The smallest absolute Gasteiger partial charge is 0.329 e. The Bertz CT molecular complexity index is 269. The number of aliphatic carboxylic acids is 1. The SMILES string of the molecule is C[C@H](O)[C@@H](C(=O)O)N1CC(CBr)CC1=O. The number of amides is 1. The van der Waals surface area contributed by atoms with Crippen molar-refractivity contribution in [3.8, 4) is 0 Å². The van der Waals surface area contributed by atoms with E-state index in [9.17, 15) is 14.7 Å². The van der Waals surface area contributed by atoms with Crippen LogP contribution >= 0.6 is 15.9 Å². The fourth-order valence-electron chi connectivity index (χ4n) is 1.78. The lowest BCUT2D eigenvalue weighted by atomic mass is 10.1. The summed E-state index contributed by atoms with van der Waals surface area (Å²) in [4.78, 5) is 23.7. The number of carboxylic acids is 1. The van der Waals surface area contributed by atoms with Gasteiger partial charge in [0.2, 0.25) is 5.91 Å². The summed E-state index contributed by atoms with van der Waals surface area (Å²) in [6, 6.07) is -1.12. The van der Waals surface area contributed by atoms with E-state index in [1.165, 1.54) is 11.8 Å². The zero-order chi connectivity index (χ0) is 11.6. The molecular formula is C9H14BrNO4. The first-order valence-electron chi connectivity index (χ1n) is 4.73. The van der Waals surface area contributed by atoms with Gasteiger partial charge in [0.15, 0.2) is 6.04 Å². The van der Waals surface area contributed by atoms with Crippen molar-refractivity contribution in [3.05, 3.63) is 0 Å². The highest BCUT2D eigenvalue weighted by atomic mass is 79.9. The predicted octanol–water partition coefficient (Wildman–Crippen LogP) is 0.0638. The van der Waals surface area contributed by atoms with E-state index < -0.39 is 18.1 Å². The van der Waals surface area contributed by atoms with Crippen LogP contribution in [0.15, 0.2) is 0 Å². The van der Waals surface area contributed by atoms with Gasteiger partial charge in [-0.15, -0.1) is 0 Å². The maximum atomic E-state index is 11.5. The maximum Gasteiger partial charge on any atom is 0.329 e. The van der Waals surface area contributed by atoms with Crippen molar-refractivity contribution in [1.82, 2.24) is 4.90 Å². The van der Waals surface area contributed by atoms with Gasteiger partial charge in [0, 0.05) is 18.3 Å². The van der Waals surface area contributed by atoms with Crippen molar-refractivity contribution in [2.24, 2.45) is 5.92 Å². The molecule has 1 unspecified atom stereocenters. The fourth-order valence-corrected chi connectivity index (χ4v) is 2.21. The Morgan fingerprint density at radius 1 is 1.73 bits per heavy atom. The molecule has 86 valence electrons. The Balaban J connectivity index is 2.77. The lowest BCUT2D eigenvalue weighted by molar-refractivity contribution is -0.152. The summed E-state index contributed by atoms with van der Waals surface area (Å²) in [6.07, 6.45) is -0.706. The maximum absolute atomic E-state index is 11.5. The normalized spacial score (nSPS) is 25.4. The summed E-state index contributed by atoms with van der Waals surface area (Å²) in [5.74, 6) is -1.22. The van der Waals surface area contributed by atoms with Crippen molar-refractivity contribution in [2.75, 3.05) is 11.9 Å². The van der Waals surface area contributed by atoms with Crippen LogP contribution < -0.4 is 0 Å². The van der Waals surface area contributed by atoms with Gasteiger partial charge in [0.25, 0.3) is 0 Å². The highest BCUT2D eigenvalue weighted by Gasteiger charge is 2.39. The molecule has 0 bridgehead atoms.